The Morgan fingerprint density at radius 1 is 0.197 bits per heavy atom. The van der Waals surface area contributed by atoms with Crippen LogP contribution in [-0.4, -0.2) is 81.5 Å². The van der Waals surface area contributed by atoms with E-state index in [0.717, 1.165) is 0 Å². The summed E-state index contributed by atoms with van der Waals surface area (Å²) >= 11 is 0. The van der Waals surface area contributed by atoms with E-state index in [2.05, 4.69) is 451 Å². The number of hydrogen-bond acceptors (Lipinski definition) is 0. The van der Waals surface area contributed by atoms with Gasteiger partial charge >= 0.3 is 21.7 Å². The Bertz CT molecular complexity index is 3950. The van der Waals surface area contributed by atoms with Gasteiger partial charge in [-0.1, -0.05) is 568 Å². The van der Waals surface area contributed by atoms with Gasteiger partial charge in [0.05, 0.1) is 0 Å². The predicted molar refractivity (Wildman–Crippen MR) is 517 cm³/mol. The van der Waals surface area contributed by atoms with E-state index in [1.54, 1.807) is 41.5 Å². The largest absolute Gasteiger partial charge is 4.00 e. The first-order valence-electron chi connectivity index (χ1n) is 44.2. The molecule has 8 aliphatic carbocycles. The van der Waals surface area contributed by atoms with Crippen molar-refractivity contribution in [2.24, 2.45) is 21.7 Å². The van der Waals surface area contributed by atoms with Gasteiger partial charge in [-0.3, -0.25) is 0 Å². The summed E-state index contributed by atoms with van der Waals surface area (Å²) in [5.41, 5.74) is 0.292. The normalized spacial score (nSPS) is 28.6. The number of nitrogens with zero attached hydrogens (tertiary/aromatic N) is 4. The van der Waals surface area contributed by atoms with Crippen LogP contribution in [0.3, 0.4) is 0 Å². The molecule has 4 nitrogen and oxygen atoms in total. The number of rotatable bonds is 20. The van der Waals surface area contributed by atoms with Crippen LogP contribution in [0.5, 0.6) is 0 Å². The fourth-order valence-electron chi connectivity index (χ4n) is 23.3. The van der Waals surface area contributed by atoms with E-state index in [-0.39, 0.29) is 110 Å². The van der Waals surface area contributed by atoms with Crippen molar-refractivity contribution in [3.8, 4) is 0 Å². The molecule has 0 amide bonds. The summed E-state index contributed by atoms with van der Waals surface area (Å²) < 4.78 is 0. The molecular weight excluding hydrogens is 1510 g/mol. The molecule has 0 heterocycles. The second kappa shape index (κ2) is 37.2. The Kier molecular flexibility index (Phi) is 28.4. The average Bonchev–Trinajstić information content (AvgIpc) is 1.39. The zero-order valence-electron chi connectivity index (χ0n) is 73.7. The molecule has 8 aromatic carbocycles. The smallest absolute Gasteiger partial charge is 0.647 e. The third kappa shape index (κ3) is 17.8. The summed E-state index contributed by atoms with van der Waals surface area (Å²) in [4.78, 5) is 0. The molecule has 8 aliphatic rings. The second-order valence-corrected chi connectivity index (χ2v) is 53.1. The minimum atomic E-state index is -1.50. The Morgan fingerprint density at radius 3 is 0.453 bits per heavy atom. The molecule has 16 rings (SSSR count). The standard InChI is InChI=1S/4C27H34NSi.Ti/c4*1-25(2)26(3,28-22-14-11-12-15-22)20-13-21-27(25,4)29(23-16-7-5-8-17-23)24-18-9-6-10-19-24;/h4*5-12,14-19,22,29H,13,20-21H2,1-4H3;/q4*-1;+4. The maximum atomic E-state index is 5.43. The first-order chi connectivity index (χ1) is 55.5. The quantitative estimate of drug-likeness (QED) is 0.0683. The van der Waals surface area contributed by atoms with E-state index in [1.807, 2.05) is 0 Å². The van der Waals surface area contributed by atoms with E-state index in [9.17, 15) is 0 Å². The summed E-state index contributed by atoms with van der Waals surface area (Å²) in [7, 11) is -5.99. The van der Waals surface area contributed by atoms with Crippen molar-refractivity contribution in [2.45, 2.75) is 254 Å². The Labute approximate surface area is 729 Å². The second-order valence-electron chi connectivity index (χ2n) is 39.3. The SMILES string of the molecule is CC1([N-]C2C=CC=C2)CCCC(C)([SiH](c2ccccc2)c2ccccc2)C1(C)C.CC1([N-]C2C=CC=C2)CCCC(C)([SiH](c2ccccc2)c2ccccc2)C1(C)C.CC1([N-]C2C=CC=C2)CCCC(C)([SiH](c2ccccc2)c2ccccc2)C1(C)C.CC1([N-]C2C=CC=C2)CCCC(C)([SiH](c2ccccc2)c2ccccc2)C1(C)C.[Ti+4]. The molecule has 0 N–H and O–H groups in total. The van der Waals surface area contributed by atoms with Crippen LogP contribution < -0.4 is 41.5 Å². The molecule has 117 heavy (non-hydrogen) atoms. The molecular formula is C108H136N4Si4Ti. The summed E-state index contributed by atoms with van der Waals surface area (Å²) in [5.74, 6) is 0. The van der Waals surface area contributed by atoms with Crippen molar-refractivity contribution in [3.63, 3.8) is 0 Å². The summed E-state index contributed by atoms with van der Waals surface area (Å²) in [6.07, 6.45) is 49.8. The van der Waals surface area contributed by atoms with Gasteiger partial charge in [0.25, 0.3) is 0 Å². The maximum absolute atomic E-state index is 5.43. The molecule has 0 saturated heterocycles. The summed E-state index contributed by atoms with van der Waals surface area (Å²) in [6.45, 7) is 40.0. The molecule has 9 heteroatoms. The molecule has 8 unspecified atom stereocenters. The van der Waals surface area contributed by atoms with Crippen molar-refractivity contribution in [1.82, 2.24) is 0 Å². The molecule has 0 radical (unpaired) electrons. The van der Waals surface area contributed by atoms with Gasteiger partial charge in [0, 0.05) is 0 Å². The topological polar surface area (TPSA) is 56.4 Å². The average molecular weight is 1650 g/mol. The van der Waals surface area contributed by atoms with Crippen LogP contribution in [0.1, 0.15) is 188 Å². The van der Waals surface area contributed by atoms with Crippen molar-refractivity contribution in [3.05, 3.63) is 361 Å². The van der Waals surface area contributed by atoms with Crippen molar-refractivity contribution >= 4 is 76.7 Å². The molecule has 0 spiro atoms. The zero-order valence-corrected chi connectivity index (χ0v) is 79.9. The summed E-state index contributed by atoms with van der Waals surface area (Å²) in [5, 5.41) is 35.1. The zero-order chi connectivity index (χ0) is 82.1. The molecule has 8 aromatic rings. The Morgan fingerprint density at radius 2 is 0.325 bits per heavy atom. The van der Waals surface area contributed by atoms with E-state index >= 15 is 0 Å². The van der Waals surface area contributed by atoms with Gasteiger partial charge in [-0.2, -0.15) is 0 Å². The van der Waals surface area contributed by atoms with Gasteiger partial charge in [0.1, 0.15) is 35.2 Å². The molecule has 0 bridgehead atoms. The van der Waals surface area contributed by atoms with E-state index in [1.165, 1.54) is 77.0 Å². The fraction of sp³-hybridized carbons (Fsp3) is 0.407. The van der Waals surface area contributed by atoms with Crippen molar-refractivity contribution in [1.29, 1.82) is 0 Å². The van der Waals surface area contributed by atoms with Crippen LogP contribution in [0, 0.1) is 21.7 Å². The monoisotopic (exact) mass is 1650 g/mol. The van der Waals surface area contributed by atoms with Gasteiger partial charge in [0.2, 0.25) is 0 Å². The summed E-state index contributed by atoms with van der Waals surface area (Å²) in [6, 6.07) is 91.5. The van der Waals surface area contributed by atoms with Gasteiger partial charge in [-0.25, -0.2) is 0 Å². The first kappa shape index (κ1) is 89.4. The minimum Gasteiger partial charge on any atom is -0.647 e. The molecule has 608 valence electrons. The molecule has 0 aliphatic heterocycles. The third-order valence-corrected chi connectivity index (χ3v) is 50.3. The minimum absolute atomic E-state index is 0. The van der Waals surface area contributed by atoms with Crippen molar-refractivity contribution in [2.75, 3.05) is 0 Å². The third-order valence-electron chi connectivity index (χ3n) is 32.8. The van der Waals surface area contributed by atoms with E-state index in [0.29, 0.717) is 0 Å². The Balaban J connectivity index is 0.000000143. The number of allylic oxidation sites excluding steroid dienone is 8. The molecule has 0 aromatic heterocycles. The van der Waals surface area contributed by atoms with Crippen LogP contribution >= 0.6 is 0 Å². The van der Waals surface area contributed by atoms with Gasteiger partial charge in [0.15, 0.2) is 0 Å². The predicted octanol–water partition coefficient (Wildman–Crippen LogP) is 22.5. The van der Waals surface area contributed by atoms with Crippen LogP contribution in [0.4, 0.5) is 0 Å². The van der Waals surface area contributed by atoms with E-state index < -0.39 is 35.2 Å². The fourth-order valence-corrected chi connectivity index (χ4v) is 41.7. The van der Waals surface area contributed by atoms with Gasteiger partial charge in [-0.15, -0.1) is 22.2 Å². The number of benzene rings is 8. The van der Waals surface area contributed by atoms with Gasteiger partial charge < -0.3 is 21.3 Å². The van der Waals surface area contributed by atoms with Crippen molar-refractivity contribution < 1.29 is 21.7 Å². The van der Waals surface area contributed by atoms with Crippen LogP contribution in [0.15, 0.2) is 340 Å². The van der Waals surface area contributed by atoms with Crippen LogP contribution in [-0.2, 0) is 21.7 Å². The van der Waals surface area contributed by atoms with E-state index in [4.69, 9.17) is 21.3 Å². The molecule has 4 saturated carbocycles. The first-order valence-corrected chi connectivity index (χ1v) is 51.1. The Hall–Kier alpha value is -6.90. The molecule has 8 atom stereocenters. The number of hydrogen-bond donors (Lipinski definition) is 0. The van der Waals surface area contributed by atoms with Gasteiger partial charge in [-0.05, 0) is 67.5 Å². The van der Waals surface area contributed by atoms with Crippen LogP contribution in [0.25, 0.3) is 21.3 Å². The molecule has 4 fully saturated rings. The maximum Gasteiger partial charge on any atom is 4.00 e. The van der Waals surface area contributed by atoms with Crippen LogP contribution in [0.2, 0.25) is 20.2 Å².